The minimum atomic E-state index is -0.238. The molecule has 128 valence electrons. The van der Waals surface area contributed by atoms with Crippen LogP contribution in [0.1, 0.15) is 52.3 Å². The predicted octanol–water partition coefficient (Wildman–Crippen LogP) is 3.34. The van der Waals surface area contributed by atoms with Gasteiger partial charge in [-0.05, 0) is 57.0 Å². The first-order valence-corrected chi connectivity index (χ1v) is 9.62. The van der Waals surface area contributed by atoms with Gasteiger partial charge in [-0.3, -0.25) is 4.79 Å². The highest BCUT2D eigenvalue weighted by atomic mass is 32.1. The summed E-state index contributed by atoms with van der Waals surface area (Å²) in [5.41, 5.74) is 3.02. The quantitative estimate of drug-likeness (QED) is 0.928. The molecule has 1 amide bonds. The maximum atomic E-state index is 13.2. The molecule has 2 saturated heterocycles. The number of nitrogens with zero attached hydrogens (tertiary/aromatic N) is 2. The first kappa shape index (κ1) is 15.9. The number of aliphatic hydroxyl groups is 1. The summed E-state index contributed by atoms with van der Waals surface area (Å²) in [6.45, 7) is 4.95. The van der Waals surface area contributed by atoms with Crippen LogP contribution in [0.15, 0.2) is 23.6 Å². The second-order valence-corrected chi connectivity index (χ2v) is 8.21. The molecule has 0 aliphatic carbocycles. The number of piperidine rings is 1. The Kier molecular flexibility index (Phi) is 4.01. The number of amides is 1. The molecule has 2 atom stereocenters. The molecule has 1 N–H and O–H groups in total. The van der Waals surface area contributed by atoms with Gasteiger partial charge in [0.15, 0.2) is 0 Å². The lowest BCUT2D eigenvalue weighted by Crippen LogP contribution is -2.48. The van der Waals surface area contributed by atoms with E-state index >= 15 is 0 Å². The van der Waals surface area contributed by atoms with E-state index in [1.165, 1.54) is 4.88 Å². The van der Waals surface area contributed by atoms with Crippen LogP contribution in [0.5, 0.6) is 0 Å². The van der Waals surface area contributed by atoms with Gasteiger partial charge in [-0.25, -0.2) is 0 Å². The Bertz CT molecular complexity index is 736. The minimum Gasteiger partial charge on any atom is -0.393 e. The fraction of sp³-hybridized carbons (Fsp3) is 0.526. The molecule has 2 bridgehead atoms. The summed E-state index contributed by atoms with van der Waals surface area (Å²) in [7, 11) is 0. The van der Waals surface area contributed by atoms with Gasteiger partial charge < -0.3 is 14.6 Å². The van der Waals surface area contributed by atoms with Gasteiger partial charge in [0.2, 0.25) is 0 Å². The molecule has 0 saturated carbocycles. The molecule has 0 radical (unpaired) electrons. The van der Waals surface area contributed by atoms with Crippen molar-refractivity contribution in [1.82, 2.24) is 9.47 Å². The summed E-state index contributed by atoms with van der Waals surface area (Å²) in [6.07, 6.45) is 3.28. The average molecular weight is 344 g/mol. The normalized spacial score (nSPS) is 26.1. The molecule has 2 aliphatic rings. The standard InChI is InChI=1S/C19H24N2O2S/c1-12-8-18(13(2)20(12)11-17-4-3-7-24-17)19(23)21-14-5-6-15(21)10-16(22)9-14/h3-4,7-8,14-16,22H,5-6,9-11H2,1-2H3. The molecule has 4 rings (SSSR count). The third-order valence-corrected chi connectivity index (χ3v) is 6.50. The van der Waals surface area contributed by atoms with E-state index in [1.54, 1.807) is 11.3 Å². The van der Waals surface area contributed by atoms with E-state index in [-0.39, 0.29) is 24.1 Å². The second kappa shape index (κ2) is 6.05. The van der Waals surface area contributed by atoms with E-state index in [0.717, 1.165) is 49.2 Å². The molecular weight excluding hydrogens is 320 g/mol. The molecule has 2 unspecified atom stereocenters. The van der Waals surface area contributed by atoms with Crippen molar-refractivity contribution in [3.63, 3.8) is 0 Å². The number of aryl methyl sites for hydroxylation is 1. The van der Waals surface area contributed by atoms with E-state index < -0.39 is 0 Å². The Morgan fingerprint density at radius 3 is 2.62 bits per heavy atom. The number of aliphatic hydroxyl groups excluding tert-OH is 1. The fourth-order valence-electron chi connectivity index (χ4n) is 4.44. The van der Waals surface area contributed by atoms with Gasteiger partial charge in [0, 0.05) is 28.3 Å². The van der Waals surface area contributed by atoms with Gasteiger partial charge in [-0.2, -0.15) is 0 Å². The zero-order valence-electron chi connectivity index (χ0n) is 14.2. The first-order chi connectivity index (χ1) is 11.5. The highest BCUT2D eigenvalue weighted by molar-refractivity contribution is 7.09. The number of hydrogen-bond acceptors (Lipinski definition) is 3. The number of hydrogen-bond donors (Lipinski definition) is 1. The highest BCUT2D eigenvalue weighted by Crippen LogP contribution is 2.37. The zero-order chi connectivity index (χ0) is 16.8. The van der Waals surface area contributed by atoms with Crippen LogP contribution in [0.25, 0.3) is 0 Å². The molecule has 0 aromatic carbocycles. The van der Waals surface area contributed by atoms with Crippen molar-refractivity contribution < 1.29 is 9.90 Å². The summed E-state index contributed by atoms with van der Waals surface area (Å²) in [4.78, 5) is 16.6. The number of thiophene rings is 1. The van der Waals surface area contributed by atoms with Gasteiger partial charge in [-0.15, -0.1) is 11.3 Å². The SMILES string of the molecule is Cc1cc(C(=O)N2C3CCC2CC(O)C3)c(C)n1Cc1cccs1. The summed E-state index contributed by atoms with van der Waals surface area (Å²) in [5.74, 6) is 0.153. The van der Waals surface area contributed by atoms with Crippen molar-refractivity contribution in [3.05, 3.63) is 45.4 Å². The van der Waals surface area contributed by atoms with Crippen molar-refractivity contribution in [1.29, 1.82) is 0 Å². The lowest BCUT2D eigenvalue weighted by molar-refractivity contribution is 0.0286. The second-order valence-electron chi connectivity index (χ2n) is 7.17. The Balaban J connectivity index is 1.62. The van der Waals surface area contributed by atoms with Gasteiger partial charge in [0.25, 0.3) is 5.91 Å². The van der Waals surface area contributed by atoms with Crippen LogP contribution in [0.4, 0.5) is 0 Å². The van der Waals surface area contributed by atoms with Gasteiger partial charge in [0.05, 0.1) is 18.2 Å². The van der Waals surface area contributed by atoms with E-state index in [0.29, 0.717) is 0 Å². The van der Waals surface area contributed by atoms with E-state index in [9.17, 15) is 9.90 Å². The molecule has 2 aromatic rings. The molecule has 2 aromatic heterocycles. The smallest absolute Gasteiger partial charge is 0.256 e. The van der Waals surface area contributed by atoms with Crippen molar-refractivity contribution in [2.75, 3.05) is 0 Å². The van der Waals surface area contributed by atoms with Crippen LogP contribution >= 0.6 is 11.3 Å². The number of fused-ring (bicyclic) bond motifs is 2. The van der Waals surface area contributed by atoms with E-state index in [2.05, 4.69) is 40.8 Å². The summed E-state index contributed by atoms with van der Waals surface area (Å²) < 4.78 is 2.24. The third-order valence-electron chi connectivity index (χ3n) is 5.64. The van der Waals surface area contributed by atoms with Crippen molar-refractivity contribution in [3.8, 4) is 0 Å². The number of aromatic nitrogens is 1. The zero-order valence-corrected chi connectivity index (χ0v) is 15.1. The molecule has 4 nitrogen and oxygen atoms in total. The molecular formula is C19H24N2O2S. The maximum absolute atomic E-state index is 13.2. The Morgan fingerprint density at radius 1 is 1.29 bits per heavy atom. The van der Waals surface area contributed by atoms with Crippen LogP contribution in [0, 0.1) is 13.8 Å². The number of rotatable bonds is 3. The summed E-state index contributed by atoms with van der Waals surface area (Å²) in [5, 5.41) is 12.1. The van der Waals surface area contributed by atoms with Crippen molar-refractivity contribution in [2.24, 2.45) is 0 Å². The van der Waals surface area contributed by atoms with Crippen LogP contribution in [0.2, 0.25) is 0 Å². The number of carbonyl (C=O) groups is 1. The monoisotopic (exact) mass is 344 g/mol. The molecule has 0 spiro atoms. The van der Waals surface area contributed by atoms with Crippen LogP contribution < -0.4 is 0 Å². The topological polar surface area (TPSA) is 45.5 Å². The van der Waals surface area contributed by atoms with Crippen LogP contribution in [-0.2, 0) is 6.54 Å². The molecule has 2 aliphatic heterocycles. The molecule has 24 heavy (non-hydrogen) atoms. The van der Waals surface area contributed by atoms with Crippen LogP contribution in [0.3, 0.4) is 0 Å². The third kappa shape index (κ3) is 2.60. The Hall–Kier alpha value is -1.59. The van der Waals surface area contributed by atoms with E-state index in [4.69, 9.17) is 0 Å². The minimum absolute atomic E-state index is 0.153. The number of carbonyl (C=O) groups excluding carboxylic acids is 1. The van der Waals surface area contributed by atoms with Gasteiger partial charge >= 0.3 is 0 Å². The molecule has 2 fully saturated rings. The lowest BCUT2D eigenvalue weighted by atomic mass is 9.99. The van der Waals surface area contributed by atoms with Gasteiger partial charge in [-0.1, -0.05) is 6.07 Å². The fourth-order valence-corrected chi connectivity index (χ4v) is 5.13. The summed E-state index contributed by atoms with van der Waals surface area (Å²) >= 11 is 1.75. The van der Waals surface area contributed by atoms with Gasteiger partial charge in [0.1, 0.15) is 0 Å². The first-order valence-electron chi connectivity index (χ1n) is 8.74. The molecule has 4 heterocycles. The lowest BCUT2D eigenvalue weighted by Gasteiger charge is -2.37. The van der Waals surface area contributed by atoms with Crippen molar-refractivity contribution in [2.45, 2.75) is 64.3 Å². The maximum Gasteiger partial charge on any atom is 0.256 e. The highest BCUT2D eigenvalue weighted by Gasteiger charge is 2.43. The molecule has 5 heteroatoms. The predicted molar refractivity (Wildman–Crippen MR) is 95.5 cm³/mol. The van der Waals surface area contributed by atoms with Crippen LogP contribution in [-0.4, -0.2) is 38.7 Å². The average Bonchev–Trinajstić information content (AvgIpc) is 3.22. The largest absolute Gasteiger partial charge is 0.393 e. The Morgan fingerprint density at radius 2 is 2.00 bits per heavy atom. The van der Waals surface area contributed by atoms with E-state index in [1.807, 2.05) is 6.07 Å². The van der Waals surface area contributed by atoms with Crippen molar-refractivity contribution >= 4 is 17.2 Å². The summed E-state index contributed by atoms with van der Waals surface area (Å²) in [6, 6.07) is 6.67. The Labute approximate surface area is 146 Å².